The molecule has 3 aromatic rings. The molecule has 1 fully saturated rings. The number of nitrogens with two attached hydrogens (primary N) is 1. The highest BCUT2D eigenvalue weighted by Crippen LogP contribution is 2.37. The van der Waals surface area contributed by atoms with Crippen LogP contribution in [0.3, 0.4) is 0 Å². The van der Waals surface area contributed by atoms with Crippen LogP contribution in [0.5, 0.6) is 0 Å². The first kappa shape index (κ1) is 34.5. The molecule has 0 aromatic heterocycles. The van der Waals surface area contributed by atoms with Crippen molar-refractivity contribution in [3.05, 3.63) is 96.1 Å². The minimum atomic E-state index is -0.915. The summed E-state index contributed by atoms with van der Waals surface area (Å²) in [5, 5.41) is 13.4. The van der Waals surface area contributed by atoms with E-state index in [2.05, 4.69) is 47.4 Å². The number of aliphatic hydroxyl groups is 1. The number of carbonyl (C=O) groups is 2. The van der Waals surface area contributed by atoms with Crippen LogP contribution in [0.15, 0.2) is 84.9 Å². The zero-order valence-corrected chi connectivity index (χ0v) is 27.5. The lowest BCUT2D eigenvalue weighted by atomic mass is 9.73. The summed E-state index contributed by atoms with van der Waals surface area (Å²) >= 11 is 0. The molecule has 2 atom stereocenters. The van der Waals surface area contributed by atoms with Gasteiger partial charge in [-0.25, -0.2) is 0 Å². The van der Waals surface area contributed by atoms with E-state index in [4.69, 9.17) is 10.5 Å². The van der Waals surface area contributed by atoms with E-state index in [9.17, 15) is 14.7 Å². The summed E-state index contributed by atoms with van der Waals surface area (Å²) in [6.45, 7) is 7.61. The topological polar surface area (TPSA) is 96.1 Å². The van der Waals surface area contributed by atoms with Crippen LogP contribution in [0, 0.1) is 5.41 Å². The Kier molecular flexibility index (Phi) is 12.1. The molecule has 3 N–H and O–H groups in total. The molecule has 1 aliphatic heterocycles. The number of esters is 1. The zero-order valence-electron chi connectivity index (χ0n) is 27.5. The zero-order chi connectivity index (χ0) is 32.5. The van der Waals surface area contributed by atoms with Crippen molar-refractivity contribution < 1.29 is 19.4 Å². The number of piperidine rings is 1. The second-order valence-corrected chi connectivity index (χ2v) is 13.3. The van der Waals surface area contributed by atoms with E-state index in [-0.39, 0.29) is 23.8 Å². The van der Waals surface area contributed by atoms with Gasteiger partial charge in [0, 0.05) is 5.54 Å². The molecule has 45 heavy (non-hydrogen) atoms. The maximum absolute atomic E-state index is 14.0. The highest BCUT2D eigenvalue weighted by atomic mass is 16.5. The molecule has 7 nitrogen and oxygen atoms in total. The van der Waals surface area contributed by atoms with Crippen LogP contribution in [0.4, 0.5) is 0 Å². The van der Waals surface area contributed by atoms with Gasteiger partial charge in [0.1, 0.15) is 6.23 Å². The van der Waals surface area contributed by atoms with E-state index in [0.717, 1.165) is 11.1 Å². The number of hydrogen-bond donors (Lipinski definition) is 2. The van der Waals surface area contributed by atoms with Crippen molar-refractivity contribution in [1.82, 2.24) is 9.80 Å². The molecule has 0 amide bonds. The largest absolute Gasteiger partial charge is 0.466 e. The molecule has 0 bridgehead atoms. The Morgan fingerprint density at radius 2 is 1.69 bits per heavy atom. The number of ketones is 1. The summed E-state index contributed by atoms with van der Waals surface area (Å²) in [6, 6.07) is 24.3. The summed E-state index contributed by atoms with van der Waals surface area (Å²) < 4.78 is 5.55. The molecule has 1 heterocycles. The van der Waals surface area contributed by atoms with E-state index < -0.39 is 17.7 Å². The van der Waals surface area contributed by atoms with Crippen molar-refractivity contribution in [3.8, 4) is 0 Å². The first-order chi connectivity index (χ1) is 21.5. The number of benzene rings is 3. The van der Waals surface area contributed by atoms with E-state index in [1.165, 1.54) is 10.8 Å². The Labute approximate surface area is 269 Å². The van der Waals surface area contributed by atoms with Crippen LogP contribution >= 0.6 is 0 Å². The summed E-state index contributed by atoms with van der Waals surface area (Å²) in [4.78, 5) is 31.1. The molecule has 7 heteroatoms. The first-order valence-corrected chi connectivity index (χ1v) is 16.3. The van der Waals surface area contributed by atoms with Gasteiger partial charge >= 0.3 is 5.97 Å². The van der Waals surface area contributed by atoms with Crippen LogP contribution in [-0.2, 0) is 27.2 Å². The summed E-state index contributed by atoms with van der Waals surface area (Å²) in [5.74, 6) is -0.0834. The van der Waals surface area contributed by atoms with Gasteiger partial charge < -0.3 is 15.6 Å². The third-order valence-electron chi connectivity index (χ3n) is 9.04. The third-order valence-corrected chi connectivity index (χ3v) is 9.04. The molecule has 4 rings (SSSR count). The molecule has 0 radical (unpaired) electrons. The van der Waals surface area contributed by atoms with Crippen LogP contribution in [-0.4, -0.2) is 77.8 Å². The molecule has 0 spiro atoms. The van der Waals surface area contributed by atoms with Gasteiger partial charge in [-0.3, -0.25) is 19.4 Å². The van der Waals surface area contributed by atoms with Gasteiger partial charge in [0.25, 0.3) is 0 Å². The maximum Gasteiger partial charge on any atom is 0.312 e. The molecule has 242 valence electrons. The summed E-state index contributed by atoms with van der Waals surface area (Å²) in [5.41, 5.74) is 7.42. The van der Waals surface area contributed by atoms with Crippen LogP contribution in [0.2, 0.25) is 0 Å². The van der Waals surface area contributed by atoms with Gasteiger partial charge in [0.2, 0.25) is 0 Å². The Balaban J connectivity index is 1.46. The highest BCUT2D eigenvalue weighted by molar-refractivity contribution is 5.86. The molecular weight excluding hydrogens is 562 g/mol. The van der Waals surface area contributed by atoms with Gasteiger partial charge in [0.15, 0.2) is 5.78 Å². The molecule has 0 saturated carbocycles. The summed E-state index contributed by atoms with van der Waals surface area (Å²) in [6.07, 6.45) is 6.49. The van der Waals surface area contributed by atoms with Gasteiger partial charge in [0.05, 0.1) is 24.6 Å². The van der Waals surface area contributed by atoms with Gasteiger partial charge in [-0.15, -0.1) is 0 Å². The van der Waals surface area contributed by atoms with Crippen molar-refractivity contribution in [2.24, 2.45) is 11.1 Å². The third kappa shape index (κ3) is 9.81. The Bertz CT molecular complexity index is 1420. The maximum atomic E-state index is 14.0. The number of aliphatic hydroxyl groups excluding tert-OH is 1. The standard InChI is InChI=1S/C38H51N3O4/c1-5-45-36(44)38(27-30-12-7-6-8-13-30)22-24-41(25-23-38)28-34(42)33(40(4)35(43)16-11-21-37(2,3)39)20-18-29-17-19-31-14-9-10-15-32(31)26-29/h6-17,19,26,33,35,43H,5,18,20-25,27-28,39H2,1-4H3/b16-11+/t33-,35?/m1/s1. The van der Waals surface area contributed by atoms with E-state index in [1.807, 2.05) is 64.2 Å². The van der Waals surface area contributed by atoms with E-state index >= 15 is 0 Å². The van der Waals surface area contributed by atoms with Crippen LogP contribution < -0.4 is 5.73 Å². The lowest BCUT2D eigenvalue weighted by Gasteiger charge is -2.40. The van der Waals surface area contributed by atoms with Crippen molar-refractivity contribution in [2.75, 3.05) is 33.3 Å². The predicted molar refractivity (Wildman–Crippen MR) is 182 cm³/mol. The number of likely N-dealkylation sites (tertiary alicyclic amines) is 1. The molecule has 3 aromatic carbocycles. The van der Waals surface area contributed by atoms with Crippen molar-refractivity contribution in [1.29, 1.82) is 0 Å². The lowest BCUT2D eigenvalue weighted by Crippen LogP contribution is -2.51. The minimum Gasteiger partial charge on any atom is -0.466 e. The lowest BCUT2D eigenvalue weighted by molar-refractivity contribution is -0.158. The Hall–Kier alpha value is -3.36. The normalized spacial score (nSPS) is 17.0. The number of nitrogens with zero attached hydrogens (tertiary/aromatic N) is 2. The number of Topliss-reactive ketones (excluding diaryl/α,β-unsaturated/α-hetero) is 1. The fraction of sp³-hybridized carbons (Fsp3) is 0.474. The molecule has 1 unspecified atom stereocenters. The average molecular weight is 614 g/mol. The smallest absolute Gasteiger partial charge is 0.312 e. The Morgan fingerprint density at radius 3 is 2.36 bits per heavy atom. The quantitative estimate of drug-likeness (QED) is 0.132. The number of fused-ring (bicyclic) bond motifs is 1. The summed E-state index contributed by atoms with van der Waals surface area (Å²) in [7, 11) is 1.81. The first-order valence-electron chi connectivity index (χ1n) is 16.3. The monoisotopic (exact) mass is 613 g/mol. The number of rotatable bonds is 15. The molecule has 1 saturated heterocycles. The second kappa shape index (κ2) is 15.8. The Morgan fingerprint density at radius 1 is 1.02 bits per heavy atom. The highest BCUT2D eigenvalue weighted by Gasteiger charge is 2.43. The van der Waals surface area contributed by atoms with E-state index in [0.29, 0.717) is 58.2 Å². The predicted octanol–water partition coefficient (Wildman–Crippen LogP) is 5.53. The molecular formula is C38H51N3O4. The van der Waals surface area contributed by atoms with Gasteiger partial charge in [-0.05, 0) is 107 Å². The molecule has 0 aliphatic carbocycles. The van der Waals surface area contributed by atoms with Crippen molar-refractivity contribution in [2.45, 2.75) is 77.1 Å². The number of likely N-dealkylation sites (N-methyl/N-ethyl adjacent to an activating group) is 1. The van der Waals surface area contributed by atoms with Crippen LogP contribution in [0.25, 0.3) is 10.8 Å². The fourth-order valence-electron chi connectivity index (χ4n) is 6.29. The SMILES string of the molecule is CCOC(=O)C1(Cc2ccccc2)CCN(CC(=O)[C@@H](CCc2ccc3ccccc3c2)N(C)C(O)/C=C/CC(C)(C)N)CC1. The van der Waals surface area contributed by atoms with Gasteiger partial charge in [-0.2, -0.15) is 0 Å². The number of aryl methyl sites for hydroxylation is 1. The van der Waals surface area contributed by atoms with Crippen molar-refractivity contribution >= 4 is 22.5 Å². The van der Waals surface area contributed by atoms with E-state index in [1.54, 1.807) is 11.0 Å². The average Bonchev–Trinajstić information content (AvgIpc) is 3.02. The number of ether oxygens (including phenoxy) is 1. The second-order valence-electron chi connectivity index (χ2n) is 13.3. The van der Waals surface area contributed by atoms with Gasteiger partial charge in [-0.1, -0.05) is 78.9 Å². The van der Waals surface area contributed by atoms with Crippen molar-refractivity contribution in [3.63, 3.8) is 0 Å². The molecule has 1 aliphatic rings. The number of hydrogen-bond acceptors (Lipinski definition) is 7. The fourth-order valence-corrected chi connectivity index (χ4v) is 6.29. The number of carbonyl (C=O) groups excluding carboxylic acids is 2. The minimum absolute atomic E-state index is 0.0663. The van der Waals surface area contributed by atoms with Crippen LogP contribution in [0.1, 0.15) is 57.6 Å².